The van der Waals surface area contributed by atoms with Crippen LogP contribution in [0, 0.1) is 5.82 Å². The lowest BCUT2D eigenvalue weighted by atomic mass is 10.0. The number of nitrogens with zero attached hydrogens (tertiary/aromatic N) is 1. The fourth-order valence-electron chi connectivity index (χ4n) is 3.63. The topological polar surface area (TPSA) is 95.7 Å². The molecule has 2 heterocycles. The van der Waals surface area contributed by atoms with Gasteiger partial charge in [-0.25, -0.2) is 17.8 Å². The number of aromatic amines is 2. The molecule has 3 aromatic carbocycles. The number of halogens is 1. The second-order valence-electron chi connectivity index (χ2n) is 6.80. The minimum Gasteiger partial charge on any atom is -0.329 e. The van der Waals surface area contributed by atoms with Crippen LogP contribution in [0.15, 0.2) is 70.7 Å². The molecule has 0 spiro atoms. The highest BCUT2D eigenvalue weighted by Gasteiger charge is 2.23. The molecule has 2 N–H and O–H groups in total. The number of rotatable bonds is 3. The van der Waals surface area contributed by atoms with E-state index in [9.17, 15) is 17.6 Å². The molecule has 0 atom stereocenters. The van der Waals surface area contributed by atoms with Gasteiger partial charge in [-0.3, -0.25) is 4.79 Å². The third-order valence-corrected chi connectivity index (χ3v) is 6.41. The Morgan fingerprint density at radius 2 is 1.76 bits per heavy atom. The Labute approximate surface area is 163 Å². The molecule has 0 saturated carbocycles. The number of fused-ring (bicyclic) bond motifs is 6. The van der Waals surface area contributed by atoms with Crippen LogP contribution in [0.1, 0.15) is 5.56 Å². The molecule has 0 bridgehead atoms. The number of pyridine rings is 1. The largest absolute Gasteiger partial charge is 0.329 e. The molecule has 0 fully saturated rings. The predicted octanol–water partition coefficient (Wildman–Crippen LogP) is 3.67. The molecule has 0 amide bonds. The zero-order valence-corrected chi connectivity index (χ0v) is 15.8. The first-order chi connectivity index (χ1) is 13.9. The van der Waals surface area contributed by atoms with Crippen molar-refractivity contribution in [3.63, 3.8) is 0 Å². The van der Waals surface area contributed by atoms with E-state index in [1.807, 2.05) is 6.07 Å². The van der Waals surface area contributed by atoms with Crippen molar-refractivity contribution in [1.82, 2.24) is 15.0 Å². The Bertz CT molecular complexity index is 1570. The van der Waals surface area contributed by atoms with Gasteiger partial charge >= 0.3 is 0 Å². The summed E-state index contributed by atoms with van der Waals surface area (Å²) < 4.78 is 39.8. The van der Waals surface area contributed by atoms with Crippen molar-refractivity contribution >= 4 is 42.4 Å². The summed E-state index contributed by atoms with van der Waals surface area (Å²) in [4.78, 5) is 22.3. The Hall–Kier alpha value is -3.52. The van der Waals surface area contributed by atoms with Gasteiger partial charge in [-0.05, 0) is 29.8 Å². The number of H-pyrrole nitrogens is 2. The number of hydrogen-bond acceptors (Lipinski definition) is 4. The summed E-state index contributed by atoms with van der Waals surface area (Å²) in [5.41, 5.74) is 1.06. The zero-order chi connectivity index (χ0) is 20.2. The lowest BCUT2D eigenvalue weighted by molar-refractivity contribution is 0.588. The van der Waals surface area contributed by atoms with Crippen molar-refractivity contribution in [2.45, 2.75) is 10.9 Å². The highest BCUT2D eigenvalue weighted by molar-refractivity contribution is 7.90. The standard InChI is InChI=1S/C21H14FN3O3S/c22-13-6-7-14-16(10-13)17-15(8-9-23-20(17)26)19-18(14)24-21(25-19)29(27,28)11-12-4-2-1-3-5-12/h1-10H,11H2,(H,23,26)(H,24,25). The van der Waals surface area contributed by atoms with E-state index in [2.05, 4.69) is 15.0 Å². The van der Waals surface area contributed by atoms with Crippen LogP contribution in [-0.4, -0.2) is 23.4 Å². The predicted molar refractivity (Wildman–Crippen MR) is 109 cm³/mol. The molecule has 29 heavy (non-hydrogen) atoms. The van der Waals surface area contributed by atoms with Gasteiger partial charge in [0.05, 0.1) is 22.2 Å². The van der Waals surface area contributed by atoms with Crippen LogP contribution in [0.3, 0.4) is 0 Å². The molecular weight excluding hydrogens is 393 g/mol. The Kier molecular flexibility index (Phi) is 3.78. The van der Waals surface area contributed by atoms with Crippen molar-refractivity contribution in [3.05, 3.63) is 82.5 Å². The van der Waals surface area contributed by atoms with Gasteiger partial charge in [0.15, 0.2) is 0 Å². The summed E-state index contributed by atoms with van der Waals surface area (Å²) in [6.07, 6.45) is 1.47. The minimum atomic E-state index is -3.76. The van der Waals surface area contributed by atoms with Crippen molar-refractivity contribution in [1.29, 1.82) is 0 Å². The van der Waals surface area contributed by atoms with Gasteiger partial charge in [0, 0.05) is 22.4 Å². The van der Waals surface area contributed by atoms with Crippen LogP contribution < -0.4 is 5.56 Å². The molecule has 0 aliphatic rings. The molecule has 144 valence electrons. The number of hydrogen-bond donors (Lipinski definition) is 2. The molecule has 0 unspecified atom stereocenters. The number of nitrogens with one attached hydrogen (secondary N) is 2. The van der Waals surface area contributed by atoms with Crippen LogP contribution in [-0.2, 0) is 15.6 Å². The number of imidazole rings is 1. The fraction of sp³-hybridized carbons (Fsp3) is 0.0476. The first kappa shape index (κ1) is 17.6. The minimum absolute atomic E-state index is 0.185. The van der Waals surface area contributed by atoms with Gasteiger partial charge in [0.2, 0.25) is 15.0 Å². The highest BCUT2D eigenvalue weighted by Crippen LogP contribution is 2.33. The highest BCUT2D eigenvalue weighted by atomic mass is 32.2. The maximum absolute atomic E-state index is 13.9. The van der Waals surface area contributed by atoms with E-state index in [1.165, 1.54) is 24.4 Å². The van der Waals surface area contributed by atoms with Crippen molar-refractivity contribution in [2.75, 3.05) is 0 Å². The van der Waals surface area contributed by atoms with Gasteiger partial charge in [-0.2, -0.15) is 0 Å². The molecular formula is C21H14FN3O3S. The molecule has 5 rings (SSSR count). The molecule has 0 aliphatic heterocycles. The summed E-state index contributed by atoms with van der Waals surface area (Å²) in [5, 5.41) is 1.46. The van der Waals surface area contributed by atoms with Gasteiger partial charge in [0.1, 0.15) is 5.82 Å². The lowest BCUT2D eigenvalue weighted by Gasteiger charge is -2.05. The number of aromatic nitrogens is 3. The summed E-state index contributed by atoms with van der Waals surface area (Å²) in [6, 6.07) is 14.5. The summed E-state index contributed by atoms with van der Waals surface area (Å²) in [7, 11) is -3.76. The van der Waals surface area contributed by atoms with Gasteiger partial charge < -0.3 is 9.97 Å². The van der Waals surface area contributed by atoms with Crippen LogP contribution in [0.4, 0.5) is 4.39 Å². The molecule has 5 aromatic rings. The Morgan fingerprint density at radius 3 is 2.55 bits per heavy atom. The van der Waals surface area contributed by atoms with Crippen LogP contribution in [0.2, 0.25) is 0 Å². The lowest BCUT2D eigenvalue weighted by Crippen LogP contribution is -2.06. The zero-order valence-electron chi connectivity index (χ0n) is 14.9. The quantitative estimate of drug-likeness (QED) is 0.446. The first-order valence-corrected chi connectivity index (χ1v) is 10.5. The van der Waals surface area contributed by atoms with Crippen LogP contribution in [0.25, 0.3) is 32.6 Å². The third-order valence-electron chi connectivity index (χ3n) is 4.91. The van der Waals surface area contributed by atoms with E-state index >= 15 is 0 Å². The fourth-order valence-corrected chi connectivity index (χ4v) is 4.89. The maximum Gasteiger partial charge on any atom is 0.256 e. The van der Waals surface area contributed by atoms with E-state index in [0.717, 1.165) is 0 Å². The van der Waals surface area contributed by atoms with Gasteiger partial charge in [0.25, 0.3) is 5.56 Å². The average molecular weight is 407 g/mol. The van der Waals surface area contributed by atoms with Crippen molar-refractivity contribution < 1.29 is 12.8 Å². The Morgan fingerprint density at radius 1 is 0.966 bits per heavy atom. The number of benzene rings is 3. The molecule has 6 nitrogen and oxygen atoms in total. The normalized spacial score (nSPS) is 12.2. The molecule has 8 heteroatoms. The van der Waals surface area contributed by atoms with Gasteiger partial charge in [-0.15, -0.1) is 0 Å². The molecule has 0 radical (unpaired) electrons. The number of sulfone groups is 1. The van der Waals surface area contributed by atoms with E-state index in [1.54, 1.807) is 30.3 Å². The molecule has 0 saturated heterocycles. The van der Waals surface area contributed by atoms with Crippen molar-refractivity contribution in [2.24, 2.45) is 0 Å². The molecule has 2 aromatic heterocycles. The van der Waals surface area contributed by atoms with E-state index in [4.69, 9.17) is 0 Å². The third kappa shape index (κ3) is 2.80. The van der Waals surface area contributed by atoms with Crippen LogP contribution in [0.5, 0.6) is 0 Å². The smallest absolute Gasteiger partial charge is 0.256 e. The average Bonchev–Trinajstić information content (AvgIpc) is 3.15. The van der Waals surface area contributed by atoms with E-state index < -0.39 is 15.7 Å². The van der Waals surface area contributed by atoms with Crippen LogP contribution >= 0.6 is 0 Å². The first-order valence-electron chi connectivity index (χ1n) is 8.83. The van der Waals surface area contributed by atoms with Crippen molar-refractivity contribution in [3.8, 4) is 0 Å². The SMILES string of the molecule is O=c1[nH]ccc2c3[nH]c(S(=O)(=O)Cc4ccccc4)nc3c3ccc(F)cc3c12. The van der Waals surface area contributed by atoms with E-state index in [-0.39, 0.29) is 21.9 Å². The monoisotopic (exact) mass is 407 g/mol. The second kappa shape index (κ2) is 6.25. The van der Waals surface area contributed by atoms with Gasteiger partial charge in [-0.1, -0.05) is 30.3 Å². The summed E-state index contributed by atoms with van der Waals surface area (Å²) in [5.74, 6) is -0.701. The molecule has 0 aliphatic carbocycles. The Balaban J connectivity index is 1.83. The maximum atomic E-state index is 13.9. The summed E-state index contributed by atoms with van der Waals surface area (Å²) in [6.45, 7) is 0. The summed E-state index contributed by atoms with van der Waals surface area (Å²) >= 11 is 0. The van der Waals surface area contributed by atoms with E-state index in [0.29, 0.717) is 32.8 Å². The second-order valence-corrected chi connectivity index (χ2v) is 8.70.